The zero-order valence-corrected chi connectivity index (χ0v) is 54.1. The van der Waals surface area contributed by atoms with Crippen LogP contribution >= 0.6 is 0 Å². The fourth-order valence-electron chi connectivity index (χ4n) is 11.0. The number of ether oxygens (including phenoxy) is 3. The first-order valence-electron chi connectivity index (χ1n) is 36.0. The Morgan fingerprint density at radius 1 is 0.250 bits per heavy atom. The van der Waals surface area contributed by atoms with Gasteiger partial charge in [-0.3, -0.25) is 14.4 Å². The third-order valence-corrected chi connectivity index (χ3v) is 16.4. The highest BCUT2D eigenvalue weighted by atomic mass is 16.6. The maximum Gasteiger partial charge on any atom is 0.306 e. The largest absolute Gasteiger partial charge is 0.462 e. The van der Waals surface area contributed by atoms with Crippen LogP contribution in [0.25, 0.3) is 0 Å². The molecule has 0 aliphatic carbocycles. The van der Waals surface area contributed by atoms with Crippen LogP contribution in [0.2, 0.25) is 0 Å². The number of hydrogen-bond donors (Lipinski definition) is 0. The van der Waals surface area contributed by atoms with E-state index in [1.165, 1.54) is 289 Å². The van der Waals surface area contributed by atoms with Crippen molar-refractivity contribution >= 4 is 17.9 Å². The highest BCUT2D eigenvalue weighted by Crippen LogP contribution is 2.19. The average molecular weight is 1120 g/mol. The van der Waals surface area contributed by atoms with E-state index in [1.807, 2.05) is 0 Å². The van der Waals surface area contributed by atoms with E-state index in [9.17, 15) is 14.4 Å². The van der Waals surface area contributed by atoms with Gasteiger partial charge in [0, 0.05) is 19.3 Å². The second kappa shape index (κ2) is 69.1. The van der Waals surface area contributed by atoms with E-state index < -0.39 is 6.10 Å². The predicted octanol–water partition coefficient (Wildman–Crippen LogP) is 24.7. The average Bonchev–Trinajstić information content (AvgIpc) is 3.46. The third kappa shape index (κ3) is 66.4. The first-order chi connectivity index (χ1) is 39.5. The van der Waals surface area contributed by atoms with Crippen LogP contribution in [0, 0.1) is 0 Å². The molecule has 0 fully saturated rings. The van der Waals surface area contributed by atoms with Crippen molar-refractivity contribution in [2.45, 2.75) is 406 Å². The predicted molar refractivity (Wildman–Crippen MR) is 349 cm³/mol. The Bertz CT molecular complexity index is 1340. The van der Waals surface area contributed by atoms with Gasteiger partial charge in [-0.05, 0) is 57.8 Å². The number of unbranched alkanes of at least 4 members (excludes halogenated alkanes) is 50. The first kappa shape index (κ1) is 77.6. The summed E-state index contributed by atoms with van der Waals surface area (Å²) >= 11 is 0. The van der Waals surface area contributed by atoms with E-state index in [-0.39, 0.29) is 31.1 Å². The molecule has 0 amide bonds. The second-order valence-electron chi connectivity index (χ2n) is 24.5. The molecule has 80 heavy (non-hydrogen) atoms. The molecule has 0 aliphatic rings. The van der Waals surface area contributed by atoms with Crippen LogP contribution in [0.5, 0.6) is 0 Å². The van der Waals surface area contributed by atoms with Gasteiger partial charge < -0.3 is 14.2 Å². The molecular weight excluding hydrogens is 985 g/mol. The van der Waals surface area contributed by atoms with Crippen molar-refractivity contribution in [1.29, 1.82) is 0 Å². The molecule has 0 aromatic heterocycles. The minimum absolute atomic E-state index is 0.0668. The van der Waals surface area contributed by atoms with Crippen LogP contribution in [-0.4, -0.2) is 37.2 Å². The molecule has 6 heteroatoms. The Morgan fingerprint density at radius 2 is 0.450 bits per heavy atom. The molecule has 0 aliphatic heterocycles. The Balaban J connectivity index is 4.02. The summed E-state index contributed by atoms with van der Waals surface area (Å²) in [7, 11) is 0. The summed E-state index contributed by atoms with van der Waals surface area (Å²) in [6.45, 7) is 6.66. The lowest BCUT2D eigenvalue weighted by atomic mass is 10.0. The minimum atomic E-state index is -0.767. The van der Waals surface area contributed by atoms with Gasteiger partial charge in [0.25, 0.3) is 0 Å². The van der Waals surface area contributed by atoms with Crippen molar-refractivity contribution in [2.75, 3.05) is 13.2 Å². The monoisotopic (exact) mass is 1120 g/mol. The van der Waals surface area contributed by atoms with Gasteiger partial charge >= 0.3 is 17.9 Å². The summed E-state index contributed by atoms with van der Waals surface area (Å²) in [5, 5.41) is 0. The molecule has 0 bridgehead atoms. The van der Waals surface area contributed by atoms with Crippen LogP contribution in [0.3, 0.4) is 0 Å². The molecule has 0 aromatic rings. The summed E-state index contributed by atoms with van der Waals surface area (Å²) in [5.74, 6) is -0.846. The Hall–Kier alpha value is -2.37. The number of esters is 3. The summed E-state index contributed by atoms with van der Waals surface area (Å²) < 4.78 is 16.9. The van der Waals surface area contributed by atoms with Crippen molar-refractivity contribution in [3.05, 3.63) is 36.5 Å². The third-order valence-electron chi connectivity index (χ3n) is 16.4. The molecule has 0 aromatic carbocycles. The molecule has 0 rings (SSSR count). The van der Waals surface area contributed by atoms with Gasteiger partial charge in [0.2, 0.25) is 0 Å². The zero-order chi connectivity index (χ0) is 57.8. The zero-order valence-electron chi connectivity index (χ0n) is 54.1. The van der Waals surface area contributed by atoms with Gasteiger partial charge in [0.1, 0.15) is 13.2 Å². The summed E-state index contributed by atoms with van der Waals surface area (Å²) in [6, 6.07) is 0. The SMILES string of the molecule is CCCCCCC/C=C\C/C=C\C/C=C\CCCCCCCCCCCCCCCCC(=O)OCC(COC(=O)CCCCCCCCC)OC(=O)CCCCCCCCCCCCCCCCCCCCCCCCCCCC. The number of carbonyl (C=O) groups excluding carboxylic acids is 3. The summed E-state index contributed by atoms with van der Waals surface area (Å²) in [4.78, 5) is 38.2. The maximum atomic E-state index is 12.9. The van der Waals surface area contributed by atoms with Crippen molar-refractivity contribution in [3.63, 3.8) is 0 Å². The van der Waals surface area contributed by atoms with Crippen molar-refractivity contribution in [1.82, 2.24) is 0 Å². The first-order valence-corrected chi connectivity index (χ1v) is 36.0. The van der Waals surface area contributed by atoms with Crippen LogP contribution in [0.4, 0.5) is 0 Å². The molecule has 0 radical (unpaired) electrons. The molecule has 0 heterocycles. The topological polar surface area (TPSA) is 78.9 Å². The van der Waals surface area contributed by atoms with Crippen LogP contribution < -0.4 is 0 Å². The number of carbonyl (C=O) groups is 3. The van der Waals surface area contributed by atoms with Gasteiger partial charge in [-0.2, -0.15) is 0 Å². The number of hydrogen-bond acceptors (Lipinski definition) is 6. The molecule has 1 atom stereocenters. The van der Waals surface area contributed by atoms with Gasteiger partial charge in [-0.15, -0.1) is 0 Å². The van der Waals surface area contributed by atoms with E-state index in [2.05, 4.69) is 57.2 Å². The number of allylic oxidation sites excluding steroid dienone is 6. The fourth-order valence-corrected chi connectivity index (χ4v) is 11.0. The van der Waals surface area contributed by atoms with Crippen LogP contribution in [0.1, 0.15) is 400 Å². The highest BCUT2D eigenvalue weighted by molar-refractivity contribution is 5.71. The van der Waals surface area contributed by atoms with Gasteiger partial charge in [-0.25, -0.2) is 0 Å². The van der Waals surface area contributed by atoms with E-state index in [4.69, 9.17) is 14.2 Å². The Kier molecular flexibility index (Phi) is 67.1. The molecule has 6 nitrogen and oxygen atoms in total. The van der Waals surface area contributed by atoms with Crippen molar-refractivity contribution in [3.8, 4) is 0 Å². The maximum absolute atomic E-state index is 12.9. The highest BCUT2D eigenvalue weighted by Gasteiger charge is 2.19. The quantitative estimate of drug-likeness (QED) is 0.0261. The lowest BCUT2D eigenvalue weighted by molar-refractivity contribution is -0.167. The normalized spacial score (nSPS) is 12.2. The van der Waals surface area contributed by atoms with Gasteiger partial charge in [-0.1, -0.05) is 359 Å². The van der Waals surface area contributed by atoms with Crippen molar-refractivity contribution in [2.24, 2.45) is 0 Å². The molecular formula is C74H138O6. The fraction of sp³-hybridized carbons (Fsp3) is 0.878. The van der Waals surface area contributed by atoms with Crippen LogP contribution in [0.15, 0.2) is 36.5 Å². The summed E-state index contributed by atoms with van der Waals surface area (Å²) in [5.41, 5.74) is 0. The van der Waals surface area contributed by atoms with E-state index in [1.54, 1.807) is 0 Å². The van der Waals surface area contributed by atoms with Crippen LogP contribution in [-0.2, 0) is 28.6 Å². The Morgan fingerprint density at radius 3 is 0.700 bits per heavy atom. The summed E-state index contributed by atoms with van der Waals surface area (Å²) in [6.07, 6.45) is 86.4. The smallest absolute Gasteiger partial charge is 0.306 e. The van der Waals surface area contributed by atoms with Gasteiger partial charge in [0.15, 0.2) is 6.10 Å². The minimum Gasteiger partial charge on any atom is -0.462 e. The van der Waals surface area contributed by atoms with Gasteiger partial charge in [0.05, 0.1) is 0 Å². The van der Waals surface area contributed by atoms with E-state index >= 15 is 0 Å². The van der Waals surface area contributed by atoms with Crippen molar-refractivity contribution < 1.29 is 28.6 Å². The molecule has 0 N–H and O–H groups in total. The lowest BCUT2D eigenvalue weighted by Gasteiger charge is -2.18. The second-order valence-corrected chi connectivity index (χ2v) is 24.5. The molecule has 470 valence electrons. The molecule has 0 spiro atoms. The van der Waals surface area contributed by atoms with E-state index in [0.717, 1.165) is 70.6 Å². The van der Waals surface area contributed by atoms with E-state index in [0.29, 0.717) is 19.3 Å². The lowest BCUT2D eigenvalue weighted by Crippen LogP contribution is -2.30. The Labute approximate surface area is 499 Å². The molecule has 1 unspecified atom stereocenters. The molecule has 0 saturated carbocycles. The molecule has 0 saturated heterocycles. The number of rotatable bonds is 67. The standard InChI is InChI=1S/C74H138O6/c1-4-7-10-13-16-18-20-22-24-26-28-30-32-34-36-37-38-40-41-43-45-47-49-51-53-55-58-61-64-67-73(76)79-70-71(69-78-72(75)66-63-60-57-15-12-9-6-3)80-74(77)68-65-62-59-56-54-52-50-48-46-44-42-39-35-33-31-29-27-25-23-21-19-17-14-11-8-5-2/h20,22,26,28,32,34,71H,4-19,21,23-25,27,29-31,33,35-70H2,1-3H3/b22-20-,28-26-,34-32-.